The van der Waals surface area contributed by atoms with Crippen LogP contribution in [0, 0.1) is 12.3 Å². The Morgan fingerprint density at radius 3 is 2.81 bits per heavy atom. The lowest BCUT2D eigenvalue weighted by molar-refractivity contribution is 0.325. The molecule has 1 fully saturated rings. The Hall–Kier alpha value is -1.09. The first-order valence-corrected chi connectivity index (χ1v) is 8.43. The number of pyridine rings is 1. The molecule has 1 aliphatic heterocycles. The average Bonchev–Trinajstić information content (AvgIpc) is 2.60. The van der Waals surface area contributed by atoms with Crippen molar-refractivity contribution in [1.29, 1.82) is 0 Å². The summed E-state index contributed by atoms with van der Waals surface area (Å²) in [6, 6.07) is 2.29. The van der Waals surface area contributed by atoms with E-state index in [9.17, 15) is 0 Å². The molecule has 1 saturated heterocycles. The summed E-state index contributed by atoms with van der Waals surface area (Å²) in [6.45, 7) is 13.4. The largest absolute Gasteiger partial charge is 0.356 e. The number of hydrogen-bond acceptors (Lipinski definition) is 3. The molecule has 1 N–H and O–H groups in total. The second-order valence-corrected chi connectivity index (χ2v) is 7.17. The monoisotopic (exact) mass is 289 g/mol. The Kier molecular flexibility index (Phi) is 5.63. The Morgan fingerprint density at radius 1 is 1.29 bits per heavy atom. The number of rotatable bonds is 5. The molecule has 2 heterocycles. The van der Waals surface area contributed by atoms with Gasteiger partial charge in [-0.3, -0.25) is 0 Å². The Balaban J connectivity index is 2.03. The van der Waals surface area contributed by atoms with E-state index < -0.39 is 0 Å². The highest BCUT2D eigenvalue weighted by molar-refractivity contribution is 5.47. The molecule has 0 aliphatic carbocycles. The van der Waals surface area contributed by atoms with Crippen LogP contribution < -0.4 is 10.2 Å². The first-order valence-electron chi connectivity index (χ1n) is 8.43. The molecule has 2 rings (SSSR count). The van der Waals surface area contributed by atoms with Gasteiger partial charge in [0.1, 0.15) is 5.82 Å². The fraction of sp³-hybridized carbons (Fsp3) is 0.722. The van der Waals surface area contributed by atoms with Crippen LogP contribution in [0.5, 0.6) is 0 Å². The molecular weight excluding hydrogens is 258 g/mol. The number of nitrogens with one attached hydrogen (secondary N) is 1. The molecular formula is C18H31N3. The third-order valence-corrected chi connectivity index (χ3v) is 4.50. The summed E-state index contributed by atoms with van der Waals surface area (Å²) < 4.78 is 0. The minimum Gasteiger partial charge on any atom is -0.356 e. The molecule has 3 heteroatoms. The molecule has 0 bridgehead atoms. The lowest BCUT2D eigenvalue weighted by Crippen LogP contribution is -2.27. The molecule has 0 radical (unpaired) electrons. The van der Waals surface area contributed by atoms with Crippen LogP contribution >= 0.6 is 0 Å². The Morgan fingerprint density at radius 2 is 2.10 bits per heavy atom. The first kappa shape index (κ1) is 16.3. The van der Waals surface area contributed by atoms with Gasteiger partial charge >= 0.3 is 0 Å². The van der Waals surface area contributed by atoms with Crippen LogP contribution in [0.4, 0.5) is 5.82 Å². The summed E-state index contributed by atoms with van der Waals surface area (Å²) in [6.07, 6.45) is 7.07. The van der Waals surface area contributed by atoms with Gasteiger partial charge in [0, 0.05) is 25.8 Å². The highest BCUT2D eigenvalue weighted by Crippen LogP contribution is 2.32. The molecule has 1 aromatic rings. The van der Waals surface area contributed by atoms with Crippen molar-refractivity contribution >= 4 is 5.82 Å². The van der Waals surface area contributed by atoms with Gasteiger partial charge < -0.3 is 10.2 Å². The van der Waals surface area contributed by atoms with Crippen LogP contribution in [0.1, 0.15) is 57.6 Å². The fourth-order valence-electron chi connectivity index (χ4n) is 3.10. The van der Waals surface area contributed by atoms with E-state index in [0.29, 0.717) is 5.41 Å². The van der Waals surface area contributed by atoms with Gasteiger partial charge in [-0.25, -0.2) is 4.98 Å². The second-order valence-electron chi connectivity index (χ2n) is 7.17. The summed E-state index contributed by atoms with van der Waals surface area (Å²) in [5.41, 5.74) is 3.08. The zero-order valence-electron chi connectivity index (χ0n) is 14.2. The molecule has 0 atom stereocenters. The normalized spacial score (nSPS) is 18.6. The van der Waals surface area contributed by atoms with Gasteiger partial charge in [-0.2, -0.15) is 0 Å². The molecule has 0 saturated carbocycles. The second kappa shape index (κ2) is 7.26. The summed E-state index contributed by atoms with van der Waals surface area (Å²) in [4.78, 5) is 7.24. The van der Waals surface area contributed by atoms with Gasteiger partial charge in [-0.15, -0.1) is 0 Å². The number of aromatic nitrogens is 1. The van der Waals surface area contributed by atoms with Crippen LogP contribution in [0.25, 0.3) is 0 Å². The number of anilines is 1. The third-order valence-electron chi connectivity index (χ3n) is 4.50. The molecule has 0 spiro atoms. The molecule has 118 valence electrons. The Labute approximate surface area is 130 Å². The zero-order valence-corrected chi connectivity index (χ0v) is 14.2. The molecule has 1 aromatic heterocycles. The van der Waals surface area contributed by atoms with E-state index in [-0.39, 0.29) is 0 Å². The number of nitrogens with zero attached hydrogens (tertiary/aromatic N) is 2. The van der Waals surface area contributed by atoms with E-state index in [1.54, 1.807) is 0 Å². The maximum Gasteiger partial charge on any atom is 0.131 e. The van der Waals surface area contributed by atoms with Crippen LogP contribution in [0.3, 0.4) is 0 Å². The van der Waals surface area contributed by atoms with Crippen molar-refractivity contribution < 1.29 is 0 Å². The van der Waals surface area contributed by atoms with Crippen LogP contribution in [0.15, 0.2) is 12.3 Å². The first-order chi connectivity index (χ1) is 10.0. The lowest BCUT2D eigenvalue weighted by Gasteiger charge is -2.25. The van der Waals surface area contributed by atoms with E-state index in [0.717, 1.165) is 26.2 Å². The molecule has 1 aliphatic rings. The van der Waals surface area contributed by atoms with Crippen molar-refractivity contribution in [2.75, 3.05) is 24.5 Å². The standard InChI is InChI=1S/C18H31N3/c1-5-9-19-13-16-12-15(2)17(20-14-16)21-10-6-7-18(3,4)8-11-21/h12,14,19H,5-11,13H2,1-4H3. The minimum absolute atomic E-state index is 0.479. The van der Waals surface area contributed by atoms with Crippen molar-refractivity contribution in [3.8, 4) is 0 Å². The molecule has 21 heavy (non-hydrogen) atoms. The van der Waals surface area contributed by atoms with E-state index in [1.165, 1.54) is 42.6 Å². The van der Waals surface area contributed by atoms with E-state index >= 15 is 0 Å². The van der Waals surface area contributed by atoms with Gasteiger partial charge in [0.25, 0.3) is 0 Å². The van der Waals surface area contributed by atoms with Crippen LogP contribution in [-0.4, -0.2) is 24.6 Å². The van der Waals surface area contributed by atoms with Crippen molar-refractivity contribution in [2.45, 2.75) is 59.9 Å². The minimum atomic E-state index is 0.479. The number of hydrogen-bond donors (Lipinski definition) is 1. The van der Waals surface area contributed by atoms with Gasteiger partial charge in [0.15, 0.2) is 0 Å². The zero-order chi connectivity index (χ0) is 15.3. The topological polar surface area (TPSA) is 28.2 Å². The maximum absolute atomic E-state index is 4.76. The maximum atomic E-state index is 4.76. The van der Waals surface area contributed by atoms with Gasteiger partial charge in [0.2, 0.25) is 0 Å². The third kappa shape index (κ3) is 4.70. The summed E-state index contributed by atoms with van der Waals surface area (Å²) in [5.74, 6) is 1.19. The van der Waals surface area contributed by atoms with Crippen molar-refractivity contribution in [3.63, 3.8) is 0 Å². The summed E-state index contributed by atoms with van der Waals surface area (Å²) in [5, 5.41) is 3.44. The summed E-state index contributed by atoms with van der Waals surface area (Å²) >= 11 is 0. The van der Waals surface area contributed by atoms with Crippen LogP contribution in [0.2, 0.25) is 0 Å². The van der Waals surface area contributed by atoms with Crippen molar-refractivity contribution in [2.24, 2.45) is 5.41 Å². The fourth-order valence-corrected chi connectivity index (χ4v) is 3.10. The Bertz CT molecular complexity index is 454. The molecule has 3 nitrogen and oxygen atoms in total. The average molecular weight is 289 g/mol. The predicted octanol–water partition coefficient (Wildman–Crippen LogP) is 3.91. The number of aryl methyl sites for hydroxylation is 1. The lowest BCUT2D eigenvalue weighted by atomic mass is 9.85. The quantitative estimate of drug-likeness (QED) is 0.833. The molecule has 0 unspecified atom stereocenters. The predicted molar refractivity (Wildman–Crippen MR) is 90.8 cm³/mol. The van der Waals surface area contributed by atoms with Crippen LogP contribution in [-0.2, 0) is 6.54 Å². The smallest absolute Gasteiger partial charge is 0.131 e. The SMILES string of the molecule is CCCNCc1cnc(N2CCCC(C)(C)CC2)c(C)c1. The van der Waals surface area contributed by atoms with Gasteiger partial charge in [0.05, 0.1) is 0 Å². The highest BCUT2D eigenvalue weighted by atomic mass is 15.2. The van der Waals surface area contributed by atoms with Gasteiger partial charge in [-0.1, -0.05) is 20.8 Å². The van der Waals surface area contributed by atoms with Crippen molar-refractivity contribution in [1.82, 2.24) is 10.3 Å². The van der Waals surface area contributed by atoms with E-state index in [4.69, 9.17) is 4.98 Å². The molecule has 0 amide bonds. The highest BCUT2D eigenvalue weighted by Gasteiger charge is 2.24. The van der Waals surface area contributed by atoms with Crippen molar-refractivity contribution in [3.05, 3.63) is 23.4 Å². The molecule has 0 aromatic carbocycles. The van der Waals surface area contributed by atoms with E-state index in [1.807, 2.05) is 6.20 Å². The van der Waals surface area contributed by atoms with Gasteiger partial charge in [-0.05, 0) is 61.8 Å². The summed E-state index contributed by atoms with van der Waals surface area (Å²) in [7, 11) is 0. The van der Waals surface area contributed by atoms with E-state index in [2.05, 4.69) is 44.0 Å².